The lowest BCUT2D eigenvalue weighted by atomic mass is 9.92. The van der Waals surface area contributed by atoms with Gasteiger partial charge in [-0.25, -0.2) is 8.42 Å². The summed E-state index contributed by atoms with van der Waals surface area (Å²) in [5.41, 5.74) is 0.890. The average Bonchev–Trinajstić information content (AvgIpc) is 3.14. The van der Waals surface area contributed by atoms with E-state index in [1.165, 1.54) is 16.4 Å². The Balaban J connectivity index is 1.50. The van der Waals surface area contributed by atoms with Crippen molar-refractivity contribution in [3.8, 4) is 0 Å². The summed E-state index contributed by atoms with van der Waals surface area (Å²) in [7, 11) is -3.66. The van der Waals surface area contributed by atoms with Crippen molar-refractivity contribution in [2.45, 2.75) is 25.2 Å². The molecule has 2 fully saturated rings. The van der Waals surface area contributed by atoms with Gasteiger partial charge in [0.2, 0.25) is 10.0 Å². The molecular weight excluding hydrogens is 410 g/mol. The van der Waals surface area contributed by atoms with Crippen LogP contribution in [0.1, 0.15) is 20.3 Å². The summed E-state index contributed by atoms with van der Waals surface area (Å²) in [6.07, 6.45) is 1.11. The Bertz CT molecular complexity index is 1010. The fraction of sp³-hybridized carbons (Fsp3) is 0.632. The van der Waals surface area contributed by atoms with Gasteiger partial charge in [-0.2, -0.15) is 4.31 Å². The molecule has 11 heteroatoms. The van der Waals surface area contributed by atoms with Gasteiger partial charge >= 0.3 is 0 Å². The van der Waals surface area contributed by atoms with E-state index >= 15 is 0 Å². The fourth-order valence-corrected chi connectivity index (χ4v) is 5.57. The summed E-state index contributed by atoms with van der Waals surface area (Å²) in [6.45, 7) is 6.90. The first-order chi connectivity index (χ1) is 14.3. The van der Waals surface area contributed by atoms with Crippen LogP contribution < -0.4 is 4.84 Å². The van der Waals surface area contributed by atoms with E-state index < -0.39 is 10.0 Å². The van der Waals surface area contributed by atoms with Gasteiger partial charge in [0.25, 0.3) is 5.91 Å². The highest BCUT2D eigenvalue weighted by Gasteiger charge is 2.28. The standard InChI is InChI=1S/C19H27N5O5S/c1-14-9-15(2)12-22(11-14)19(25)13-29-24-18-10-16(3-4-17(18)20-21-24)30(26,27)23-5-7-28-8-6-23/h3-4,10,14-15H,5-9,11-13H2,1-2H3. The van der Waals surface area contributed by atoms with Crippen LogP contribution in [0.25, 0.3) is 11.0 Å². The first-order valence-corrected chi connectivity index (χ1v) is 11.6. The van der Waals surface area contributed by atoms with Gasteiger partial charge < -0.3 is 14.5 Å². The number of benzene rings is 1. The third-order valence-corrected chi connectivity index (χ3v) is 7.42. The highest BCUT2D eigenvalue weighted by Crippen LogP contribution is 2.22. The molecule has 164 valence electrons. The molecule has 2 aliphatic heterocycles. The van der Waals surface area contributed by atoms with Crippen molar-refractivity contribution in [2.75, 3.05) is 46.0 Å². The van der Waals surface area contributed by atoms with Crippen molar-refractivity contribution < 1.29 is 22.8 Å². The summed E-state index contributed by atoms with van der Waals surface area (Å²) < 4.78 is 32.5. The van der Waals surface area contributed by atoms with E-state index in [-0.39, 0.29) is 17.4 Å². The van der Waals surface area contributed by atoms with Crippen LogP contribution in [0.5, 0.6) is 0 Å². The molecule has 0 aliphatic carbocycles. The van der Waals surface area contributed by atoms with Crippen molar-refractivity contribution >= 4 is 27.0 Å². The Kier molecular flexibility index (Phi) is 5.94. The summed E-state index contributed by atoms with van der Waals surface area (Å²) in [5, 5.41) is 7.93. The number of ether oxygens (including phenoxy) is 1. The second-order valence-corrected chi connectivity index (χ2v) is 10.1. The number of likely N-dealkylation sites (tertiary alicyclic amines) is 1. The maximum atomic E-state index is 12.9. The average molecular weight is 438 g/mol. The van der Waals surface area contributed by atoms with Crippen LogP contribution in [0.4, 0.5) is 0 Å². The second kappa shape index (κ2) is 8.48. The molecule has 3 heterocycles. The Labute approximate surface area is 175 Å². The van der Waals surface area contributed by atoms with Gasteiger partial charge in [0, 0.05) is 26.2 Å². The molecule has 2 aromatic rings. The number of fused-ring (bicyclic) bond motifs is 1. The Morgan fingerprint density at radius 3 is 2.60 bits per heavy atom. The van der Waals surface area contributed by atoms with Crippen molar-refractivity contribution in [1.82, 2.24) is 24.4 Å². The zero-order chi connectivity index (χ0) is 21.3. The van der Waals surface area contributed by atoms with Gasteiger partial charge in [0.05, 0.1) is 18.1 Å². The lowest BCUT2D eigenvalue weighted by Gasteiger charge is -2.34. The number of sulfonamides is 1. The normalized spacial score (nSPS) is 23.6. The number of morpholine rings is 1. The van der Waals surface area contributed by atoms with Gasteiger partial charge in [-0.15, -0.1) is 5.10 Å². The molecule has 30 heavy (non-hydrogen) atoms. The van der Waals surface area contributed by atoms with Gasteiger partial charge in [-0.1, -0.05) is 18.7 Å². The van der Waals surface area contributed by atoms with E-state index in [1.807, 2.05) is 4.90 Å². The third kappa shape index (κ3) is 4.28. The lowest BCUT2D eigenvalue weighted by Crippen LogP contribution is -2.45. The first kappa shape index (κ1) is 21.0. The van der Waals surface area contributed by atoms with Gasteiger partial charge in [0.15, 0.2) is 6.61 Å². The van der Waals surface area contributed by atoms with Crippen LogP contribution in [-0.4, -0.2) is 84.7 Å². The molecule has 2 atom stereocenters. The fourth-order valence-electron chi connectivity index (χ4n) is 4.14. The van der Waals surface area contributed by atoms with Crippen molar-refractivity contribution in [2.24, 2.45) is 11.8 Å². The zero-order valence-corrected chi connectivity index (χ0v) is 18.0. The molecule has 1 amide bonds. The van der Waals surface area contributed by atoms with Crippen LogP contribution in [-0.2, 0) is 19.6 Å². The van der Waals surface area contributed by atoms with E-state index in [2.05, 4.69) is 24.2 Å². The SMILES string of the molecule is CC1CC(C)CN(C(=O)COn2nnc3ccc(S(=O)(=O)N4CCOCC4)cc32)C1. The number of carbonyl (C=O) groups is 1. The van der Waals surface area contributed by atoms with Crippen molar-refractivity contribution in [3.63, 3.8) is 0 Å². The van der Waals surface area contributed by atoms with E-state index in [9.17, 15) is 13.2 Å². The van der Waals surface area contributed by atoms with Gasteiger partial charge in [-0.05, 0) is 41.7 Å². The minimum Gasteiger partial charge on any atom is -0.385 e. The highest BCUT2D eigenvalue weighted by molar-refractivity contribution is 7.89. The summed E-state index contributed by atoms with van der Waals surface area (Å²) in [6, 6.07) is 4.58. The maximum absolute atomic E-state index is 12.9. The molecule has 10 nitrogen and oxygen atoms in total. The van der Waals surface area contributed by atoms with Crippen LogP contribution in [0, 0.1) is 11.8 Å². The molecule has 4 rings (SSSR count). The molecular formula is C19H27N5O5S. The molecule has 1 aromatic carbocycles. The maximum Gasteiger partial charge on any atom is 0.263 e. The van der Waals surface area contributed by atoms with Crippen LogP contribution in [0.3, 0.4) is 0 Å². The number of nitrogens with zero attached hydrogens (tertiary/aromatic N) is 5. The number of hydrogen-bond donors (Lipinski definition) is 0. The lowest BCUT2D eigenvalue weighted by molar-refractivity contribution is -0.139. The topological polar surface area (TPSA) is 107 Å². The first-order valence-electron chi connectivity index (χ1n) is 10.2. The quantitative estimate of drug-likeness (QED) is 0.666. The monoisotopic (exact) mass is 437 g/mol. The Morgan fingerprint density at radius 1 is 1.20 bits per heavy atom. The van der Waals surface area contributed by atoms with E-state index in [1.54, 1.807) is 6.07 Å². The third-order valence-electron chi connectivity index (χ3n) is 5.53. The minimum absolute atomic E-state index is 0.117. The minimum atomic E-state index is -3.66. The van der Waals surface area contributed by atoms with E-state index in [0.29, 0.717) is 62.3 Å². The second-order valence-electron chi connectivity index (χ2n) is 8.15. The van der Waals surface area contributed by atoms with Gasteiger partial charge in [0.1, 0.15) is 11.0 Å². The Hall–Kier alpha value is -2.24. The number of piperidine rings is 1. The molecule has 0 saturated carbocycles. The molecule has 2 aliphatic rings. The van der Waals surface area contributed by atoms with Crippen LogP contribution in [0.15, 0.2) is 23.1 Å². The predicted octanol–water partition coefficient (Wildman–Crippen LogP) is 0.385. The molecule has 0 radical (unpaired) electrons. The largest absolute Gasteiger partial charge is 0.385 e. The zero-order valence-electron chi connectivity index (χ0n) is 17.2. The van der Waals surface area contributed by atoms with Crippen molar-refractivity contribution in [3.05, 3.63) is 18.2 Å². The number of rotatable bonds is 5. The molecule has 0 spiro atoms. The van der Waals surface area contributed by atoms with E-state index in [0.717, 1.165) is 11.3 Å². The summed E-state index contributed by atoms with van der Waals surface area (Å²) >= 11 is 0. The molecule has 0 bridgehead atoms. The summed E-state index contributed by atoms with van der Waals surface area (Å²) in [4.78, 5) is 21.2. The summed E-state index contributed by atoms with van der Waals surface area (Å²) in [5.74, 6) is 0.796. The number of aromatic nitrogens is 3. The van der Waals surface area contributed by atoms with Crippen LogP contribution in [0.2, 0.25) is 0 Å². The molecule has 1 aromatic heterocycles. The number of carbonyl (C=O) groups excluding carboxylic acids is 1. The predicted molar refractivity (Wildman–Crippen MR) is 108 cm³/mol. The Morgan fingerprint density at radius 2 is 1.90 bits per heavy atom. The number of amides is 1. The smallest absolute Gasteiger partial charge is 0.263 e. The molecule has 2 saturated heterocycles. The number of hydrogen-bond acceptors (Lipinski definition) is 7. The highest BCUT2D eigenvalue weighted by atomic mass is 32.2. The molecule has 2 unspecified atom stereocenters. The van der Waals surface area contributed by atoms with Gasteiger partial charge in [-0.3, -0.25) is 4.79 Å². The van der Waals surface area contributed by atoms with Crippen LogP contribution >= 0.6 is 0 Å². The van der Waals surface area contributed by atoms with Crippen molar-refractivity contribution in [1.29, 1.82) is 0 Å². The van der Waals surface area contributed by atoms with E-state index in [4.69, 9.17) is 9.57 Å². The molecule has 0 N–H and O–H groups in total.